The van der Waals surface area contributed by atoms with Gasteiger partial charge in [-0.15, -0.1) is 0 Å². The Morgan fingerprint density at radius 3 is 2.71 bits per heavy atom. The third-order valence-electron chi connectivity index (χ3n) is 2.15. The maximum atomic E-state index is 12.7. The number of rotatable bonds is 4. The Hall–Kier alpha value is -1.27. The molecule has 1 aromatic rings. The number of nitrogens with zero attached hydrogens (tertiary/aromatic N) is 1. The molecule has 0 spiro atoms. The van der Waals surface area contributed by atoms with Gasteiger partial charge in [0.1, 0.15) is 10.8 Å². The fourth-order valence-corrected chi connectivity index (χ4v) is 1.52. The molecule has 0 amide bonds. The van der Waals surface area contributed by atoms with Crippen molar-refractivity contribution in [1.82, 2.24) is 4.98 Å². The molecule has 1 rings (SSSR count). The van der Waals surface area contributed by atoms with Crippen molar-refractivity contribution < 1.29 is 18.3 Å². The number of halogens is 3. The average molecular weight is 265 g/mol. The number of aromatic nitrogens is 1. The number of carbonyl (C=O) groups is 1. The van der Waals surface area contributed by atoms with E-state index in [9.17, 15) is 13.6 Å². The van der Waals surface area contributed by atoms with E-state index >= 15 is 0 Å². The van der Waals surface area contributed by atoms with Crippen LogP contribution >= 0.6 is 11.6 Å². The minimum absolute atomic E-state index is 0.0591. The molecule has 0 radical (unpaired) electrons. The van der Waals surface area contributed by atoms with Crippen LogP contribution in [0.25, 0.3) is 0 Å². The molecule has 0 aliphatic rings. The number of hydrogen-bond donors (Lipinski definition) is 1. The van der Waals surface area contributed by atoms with E-state index < -0.39 is 18.1 Å². The second-order valence-electron chi connectivity index (χ2n) is 3.24. The van der Waals surface area contributed by atoms with Crippen molar-refractivity contribution in [2.75, 3.05) is 7.11 Å². The van der Waals surface area contributed by atoms with Gasteiger partial charge in [-0.2, -0.15) is 0 Å². The molecule has 0 atom stereocenters. The smallest absolute Gasteiger partial charge is 0.310 e. The second kappa shape index (κ2) is 5.88. The van der Waals surface area contributed by atoms with Gasteiger partial charge in [0.15, 0.2) is 0 Å². The Balaban J connectivity index is 3.19. The molecule has 2 N–H and O–H groups in total. The number of pyridine rings is 1. The second-order valence-corrected chi connectivity index (χ2v) is 3.60. The van der Waals surface area contributed by atoms with E-state index in [1.165, 1.54) is 13.2 Å². The van der Waals surface area contributed by atoms with Crippen LogP contribution in [0, 0.1) is 0 Å². The normalized spacial score (nSPS) is 10.7. The SMILES string of the molecule is COC(=O)Cc1cc(CN)c(Cl)nc1C(F)F. The highest BCUT2D eigenvalue weighted by Gasteiger charge is 2.19. The third kappa shape index (κ3) is 3.34. The molecule has 0 aliphatic heterocycles. The molecule has 0 saturated heterocycles. The first kappa shape index (κ1) is 13.8. The first-order valence-corrected chi connectivity index (χ1v) is 5.10. The highest BCUT2D eigenvalue weighted by molar-refractivity contribution is 6.30. The molecule has 0 fully saturated rings. The zero-order valence-corrected chi connectivity index (χ0v) is 9.80. The molecule has 0 bridgehead atoms. The van der Waals surface area contributed by atoms with Crippen LogP contribution in [0.3, 0.4) is 0 Å². The number of carbonyl (C=O) groups excluding carboxylic acids is 1. The summed E-state index contributed by atoms with van der Waals surface area (Å²) < 4.78 is 29.8. The lowest BCUT2D eigenvalue weighted by Crippen LogP contribution is -2.11. The van der Waals surface area contributed by atoms with Crippen molar-refractivity contribution in [3.63, 3.8) is 0 Å². The summed E-state index contributed by atoms with van der Waals surface area (Å²) in [5.41, 5.74) is 5.36. The standard InChI is InChI=1S/C10H11ClF2N2O2/c1-17-7(16)3-5-2-6(4-14)9(11)15-8(5)10(12)13/h2,10H,3-4,14H2,1H3. The number of alkyl halides is 2. The fraction of sp³-hybridized carbons (Fsp3) is 0.400. The van der Waals surface area contributed by atoms with Crippen LogP contribution < -0.4 is 5.73 Å². The van der Waals surface area contributed by atoms with Gasteiger partial charge in [-0.3, -0.25) is 4.79 Å². The number of esters is 1. The largest absolute Gasteiger partial charge is 0.469 e. The first-order chi connectivity index (χ1) is 7.99. The lowest BCUT2D eigenvalue weighted by molar-refractivity contribution is -0.139. The zero-order chi connectivity index (χ0) is 13.0. The minimum atomic E-state index is -2.81. The van der Waals surface area contributed by atoms with Gasteiger partial charge in [0.2, 0.25) is 0 Å². The number of hydrogen-bond acceptors (Lipinski definition) is 4. The zero-order valence-electron chi connectivity index (χ0n) is 9.04. The molecule has 4 nitrogen and oxygen atoms in total. The van der Waals surface area contributed by atoms with Crippen molar-refractivity contribution in [1.29, 1.82) is 0 Å². The van der Waals surface area contributed by atoms with Crippen LogP contribution in [0.5, 0.6) is 0 Å². The number of methoxy groups -OCH3 is 1. The van der Waals surface area contributed by atoms with Crippen LogP contribution in [-0.4, -0.2) is 18.1 Å². The predicted octanol–water partition coefficient (Wildman–Crippen LogP) is 1.85. The molecule has 1 aromatic heterocycles. The molecule has 0 aliphatic carbocycles. The minimum Gasteiger partial charge on any atom is -0.469 e. The van der Waals surface area contributed by atoms with Crippen molar-refractivity contribution in [3.05, 3.63) is 28.0 Å². The lowest BCUT2D eigenvalue weighted by atomic mass is 10.1. The van der Waals surface area contributed by atoms with E-state index in [1.807, 2.05) is 0 Å². The Kier molecular flexibility index (Phi) is 4.77. The van der Waals surface area contributed by atoms with Gasteiger partial charge in [0.05, 0.1) is 13.5 Å². The molecule has 94 valence electrons. The van der Waals surface area contributed by atoms with Crippen molar-refractivity contribution in [2.24, 2.45) is 5.73 Å². The van der Waals surface area contributed by atoms with Gasteiger partial charge in [-0.25, -0.2) is 13.8 Å². The van der Waals surface area contributed by atoms with Crippen LogP contribution in [0.1, 0.15) is 23.2 Å². The Labute approximate surface area is 102 Å². The molecule has 1 heterocycles. The topological polar surface area (TPSA) is 65.2 Å². The summed E-state index contributed by atoms with van der Waals surface area (Å²) >= 11 is 5.68. The molecule has 7 heteroatoms. The number of nitrogens with two attached hydrogens (primary N) is 1. The van der Waals surface area contributed by atoms with Gasteiger partial charge in [-0.1, -0.05) is 11.6 Å². The van der Waals surface area contributed by atoms with Crippen molar-refractivity contribution in [2.45, 2.75) is 19.4 Å². The Morgan fingerprint density at radius 1 is 1.59 bits per heavy atom. The van der Waals surface area contributed by atoms with E-state index in [1.54, 1.807) is 0 Å². The summed E-state index contributed by atoms with van der Waals surface area (Å²) in [5, 5.41) is -0.0728. The highest BCUT2D eigenvalue weighted by Crippen LogP contribution is 2.26. The van der Waals surface area contributed by atoms with Gasteiger partial charge in [-0.05, 0) is 11.6 Å². The van der Waals surface area contributed by atoms with E-state index in [0.29, 0.717) is 5.56 Å². The van der Waals surface area contributed by atoms with E-state index in [-0.39, 0.29) is 23.7 Å². The maximum Gasteiger partial charge on any atom is 0.310 e. The maximum absolute atomic E-state index is 12.7. The lowest BCUT2D eigenvalue weighted by Gasteiger charge is -2.10. The van der Waals surface area contributed by atoms with Gasteiger partial charge < -0.3 is 10.5 Å². The van der Waals surface area contributed by atoms with E-state index in [2.05, 4.69) is 9.72 Å². The third-order valence-corrected chi connectivity index (χ3v) is 2.48. The summed E-state index contributed by atoms with van der Waals surface area (Å²) in [4.78, 5) is 14.6. The van der Waals surface area contributed by atoms with Crippen LogP contribution in [0.4, 0.5) is 8.78 Å². The molecular weight excluding hydrogens is 254 g/mol. The quantitative estimate of drug-likeness (QED) is 0.666. The summed E-state index contributed by atoms with van der Waals surface area (Å²) in [6.07, 6.45) is -3.09. The van der Waals surface area contributed by atoms with Gasteiger partial charge >= 0.3 is 5.97 Å². The molecule has 0 unspecified atom stereocenters. The van der Waals surface area contributed by atoms with Crippen molar-refractivity contribution >= 4 is 17.6 Å². The highest BCUT2D eigenvalue weighted by atomic mass is 35.5. The van der Waals surface area contributed by atoms with Crippen molar-refractivity contribution in [3.8, 4) is 0 Å². The molecule has 0 saturated carbocycles. The summed E-state index contributed by atoms with van der Waals surface area (Å²) in [5.74, 6) is -0.626. The van der Waals surface area contributed by atoms with Gasteiger partial charge in [0, 0.05) is 12.1 Å². The Bertz CT molecular complexity index is 427. The van der Waals surface area contributed by atoms with Gasteiger partial charge in [0.25, 0.3) is 6.43 Å². The first-order valence-electron chi connectivity index (χ1n) is 4.72. The van der Waals surface area contributed by atoms with E-state index in [0.717, 1.165) is 0 Å². The average Bonchev–Trinajstić information content (AvgIpc) is 2.30. The molecular formula is C10H11ClF2N2O2. The van der Waals surface area contributed by atoms with Crippen LogP contribution in [-0.2, 0) is 22.5 Å². The van der Waals surface area contributed by atoms with Crippen LogP contribution in [0.2, 0.25) is 5.15 Å². The molecule has 17 heavy (non-hydrogen) atoms. The summed E-state index contributed by atoms with van der Waals surface area (Å²) in [6, 6.07) is 1.35. The number of ether oxygens (including phenoxy) is 1. The Morgan fingerprint density at radius 2 is 2.24 bits per heavy atom. The summed E-state index contributed by atoms with van der Waals surface area (Å²) in [7, 11) is 1.18. The molecule has 0 aromatic carbocycles. The monoisotopic (exact) mass is 264 g/mol. The van der Waals surface area contributed by atoms with Crippen LogP contribution in [0.15, 0.2) is 6.07 Å². The fourth-order valence-electron chi connectivity index (χ4n) is 1.29. The predicted molar refractivity (Wildman–Crippen MR) is 57.8 cm³/mol. The summed E-state index contributed by atoms with van der Waals surface area (Å²) in [6.45, 7) is 0.0591. The van der Waals surface area contributed by atoms with E-state index in [4.69, 9.17) is 17.3 Å².